The number of aryl methyl sites for hydroxylation is 2. The number of thiophene rings is 1. The van der Waals surface area contributed by atoms with Crippen LogP contribution in [0.2, 0.25) is 0 Å². The van der Waals surface area contributed by atoms with E-state index in [9.17, 15) is 4.79 Å². The fourth-order valence-corrected chi connectivity index (χ4v) is 3.46. The molecule has 0 spiro atoms. The van der Waals surface area contributed by atoms with Crippen molar-refractivity contribution in [3.8, 4) is 16.5 Å². The number of rotatable bonds is 5. The molecule has 0 saturated carbocycles. The topological polar surface area (TPSA) is 65.5 Å². The third-order valence-electron chi connectivity index (χ3n) is 4.18. The summed E-state index contributed by atoms with van der Waals surface area (Å²) in [5.74, 6) is 1.95. The number of hydrogen-bond acceptors (Lipinski definition) is 6. The van der Waals surface area contributed by atoms with Gasteiger partial charge in [-0.3, -0.25) is 0 Å². The third-order valence-corrected chi connectivity index (χ3v) is 5.04. The molecule has 3 heterocycles. The van der Waals surface area contributed by atoms with Crippen molar-refractivity contribution in [1.29, 1.82) is 0 Å². The van der Waals surface area contributed by atoms with Gasteiger partial charge in [-0.2, -0.15) is 0 Å². The Balaban J connectivity index is 1.57. The standard InChI is InChI=1S/C20H17NO4S/c1-3-13-9-19(22)25-17-10-14(6-7-15(13)17)23-11-16-12(2)24-20(21-16)18-5-4-8-26-18/h4-10H,3,11H2,1-2H3. The van der Waals surface area contributed by atoms with Crippen LogP contribution in [0.3, 0.4) is 0 Å². The summed E-state index contributed by atoms with van der Waals surface area (Å²) in [5, 5.41) is 2.91. The van der Waals surface area contributed by atoms with Gasteiger partial charge >= 0.3 is 5.63 Å². The first kappa shape index (κ1) is 16.6. The van der Waals surface area contributed by atoms with Crippen LogP contribution in [0.1, 0.15) is 23.9 Å². The van der Waals surface area contributed by atoms with Gasteiger partial charge < -0.3 is 13.6 Å². The van der Waals surface area contributed by atoms with Gasteiger partial charge in [0.1, 0.15) is 29.4 Å². The summed E-state index contributed by atoms with van der Waals surface area (Å²) in [5.41, 5.74) is 1.90. The van der Waals surface area contributed by atoms with E-state index >= 15 is 0 Å². The summed E-state index contributed by atoms with van der Waals surface area (Å²) in [6.45, 7) is 4.16. The van der Waals surface area contributed by atoms with Crippen LogP contribution >= 0.6 is 11.3 Å². The summed E-state index contributed by atoms with van der Waals surface area (Å²) in [7, 11) is 0. The Morgan fingerprint density at radius 1 is 1.19 bits per heavy atom. The molecule has 0 aliphatic heterocycles. The molecule has 0 fully saturated rings. The van der Waals surface area contributed by atoms with E-state index < -0.39 is 0 Å². The molecule has 0 radical (unpaired) electrons. The third kappa shape index (κ3) is 3.15. The lowest BCUT2D eigenvalue weighted by Crippen LogP contribution is -2.01. The highest BCUT2D eigenvalue weighted by atomic mass is 32.1. The highest BCUT2D eigenvalue weighted by molar-refractivity contribution is 7.13. The molecule has 4 aromatic rings. The summed E-state index contributed by atoms with van der Waals surface area (Å²) in [6.07, 6.45) is 0.770. The molecule has 0 amide bonds. The molecule has 26 heavy (non-hydrogen) atoms. The lowest BCUT2D eigenvalue weighted by Gasteiger charge is -2.07. The number of oxazole rings is 1. The second-order valence-electron chi connectivity index (χ2n) is 5.89. The highest BCUT2D eigenvalue weighted by Crippen LogP contribution is 2.27. The van der Waals surface area contributed by atoms with Crippen molar-refractivity contribution in [2.24, 2.45) is 0 Å². The minimum atomic E-state index is -0.348. The molecule has 132 valence electrons. The molecule has 3 aromatic heterocycles. The lowest BCUT2D eigenvalue weighted by atomic mass is 10.1. The molecule has 0 aliphatic rings. The number of nitrogens with zero attached hydrogens (tertiary/aromatic N) is 1. The number of ether oxygens (including phenoxy) is 1. The molecule has 6 heteroatoms. The Kier molecular flexibility index (Phi) is 4.34. The molecule has 0 bridgehead atoms. The number of benzene rings is 1. The number of hydrogen-bond donors (Lipinski definition) is 0. The van der Waals surface area contributed by atoms with Crippen LogP contribution in [0.15, 0.2) is 55.4 Å². The minimum Gasteiger partial charge on any atom is -0.487 e. The molecular weight excluding hydrogens is 350 g/mol. The van der Waals surface area contributed by atoms with Gasteiger partial charge in [-0.05, 0) is 42.5 Å². The van der Waals surface area contributed by atoms with Crippen molar-refractivity contribution in [2.75, 3.05) is 0 Å². The van der Waals surface area contributed by atoms with Gasteiger partial charge in [-0.1, -0.05) is 13.0 Å². The molecule has 1 aromatic carbocycles. The Bertz CT molecular complexity index is 1110. The van der Waals surface area contributed by atoms with E-state index in [-0.39, 0.29) is 12.2 Å². The van der Waals surface area contributed by atoms with Crippen LogP contribution < -0.4 is 10.4 Å². The maximum absolute atomic E-state index is 11.7. The smallest absolute Gasteiger partial charge is 0.336 e. The van der Waals surface area contributed by atoms with E-state index in [0.29, 0.717) is 17.2 Å². The quantitative estimate of drug-likeness (QED) is 0.467. The maximum atomic E-state index is 11.7. The zero-order chi connectivity index (χ0) is 18.1. The van der Waals surface area contributed by atoms with Gasteiger partial charge in [0.25, 0.3) is 0 Å². The minimum absolute atomic E-state index is 0.282. The van der Waals surface area contributed by atoms with Crippen LogP contribution in [0.4, 0.5) is 0 Å². The van der Waals surface area contributed by atoms with Crippen molar-refractivity contribution < 1.29 is 13.6 Å². The van der Waals surface area contributed by atoms with E-state index in [0.717, 1.165) is 33.7 Å². The first-order chi connectivity index (χ1) is 12.6. The van der Waals surface area contributed by atoms with Gasteiger partial charge in [0, 0.05) is 17.5 Å². The van der Waals surface area contributed by atoms with Gasteiger partial charge in [0.05, 0.1) is 4.88 Å². The van der Waals surface area contributed by atoms with E-state index in [1.165, 1.54) is 6.07 Å². The van der Waals surface area contributed by atoms with Crippen molar-refractivity contribution >= 4 is 22.3 Å². The van der Waals surface area contributed by atoms with Gasteiger partial charge in [0.2, 0.25) is 5.89 Å². The van der Waals surface area contributed by atoms with Gasteiger partial charge in [0.15, 0.2) is 0 Å². The van der Waals surface area contributed by atoms with Crippen molar-refractivity contribution in [1.82, 2.24) is 4.98 Å². The lowest BCUT2D eigenvalue weighted by molar-refractivity contribution is 0.299. The predicted molar refractivity (Wildman–Crippen MR) is 101 cm³/mol. The zero-order valence-electron chi connectivity index (χ0n) is 14.4. The van der Waals surface area contributed by atoms with E-state index in [1.54, 1.807) is 17.4 Å². The van der Waals surface area contributed by atoms with Crippen LogP contribution in [-0.2, 0) is 13.0 Å². The molecule has 0 N–H and O–H groups in total. The van der Waals surface area contributed by atoms with Crippen molar-refractivity contribution in [2.45, 2.75) is 26.9 Å². The molecule has 0 atom stereocenters. The van der Waals surface area contributed by atoms with E-state index in [2.05, 4.69) is 4.98 Å². The van der Waals surface area contributed by atoms with Crippen LogP contribution in [0, 0.1) is 6.92 Å². The Morgan fingerprint density at radius 2 is 2.08 bits per heavy atom. The molecule has 4 rings (SSSR count). The summed E-state index contributed by atoms with van der Waals surface area (Å²) >= 11 is 1.58. The monoisotopic (exact) mass is 367 g/mol. The normalized spacial score (nSPS) is 11.2. The number of aromatic nitrogens is 1. The summed E-state index contributed by atoms with van der Waals surface area (Å²) in [6, 6.07) is 11.0. The van der Waals surface area contributed by atoms with Crippen LogP contribution in [0.5, 0.6) is 5.75 Å². The Morgan fingerprint density at radius 3 is 2.85 bits per heavy atom. The first-order valence-electron chi connectivity index (χ1n) is 8.34. The fraction of sp³-hybridized carbons (Fsp3) is 0.200. The van der Waals surface area contributed by atoms with Crippen LogP contribution in [-0.4, -0.2) is 4.98 Å². The Labute approximate surface area is 153 Å². The predicted octanol–water partition coefficient (Wildman–Crippen LogP) is 4.96. The summed E-state index contributed by atoms with van der Waals surface area (Å²) < 4.78 is 16.9. The maximum Gasteiger partial charge on any atom is 0.336 e. The van der Waals surface area contributed by atoms with Crippen LogP contribution in [0.25, 0.3) is 21.7 Å². The fourth-order valence-electron chi connectivity index (χ4n) is 2.81. The zero-order valence-corrected chi connectivity index (χ0v) is 15.3. The SMILES string of the molecule is CCc1cc(=O)oc2cc(OCc3nc(-c4cccs4)oc3C)ccc12. The largest absolute Gasteiger partial charge is 0.487 e. The van der Waals surface area contributed by atoms with Gasteiger partial charge in [-0.25, -0.2) is 9.78 Å². The highest BCUT2D eigenvalue weighted by Gasteiger charge is 2.13. The first-order valence-corrected chi connectivity index (χ1v) is 9.22. The number of fused-ring (bicyclic) bond motifs is 1. The van der Waals surface area contributed by atoms with Crippen molar-refractivity contribution in [3.63, 3.8) is 0 Å². The molecule has 0 unspecified atom stereocenters. The molecule has 0 aliphatic carbocycles. The summed E-state index contributed by atoms with van der Waals surface area (Å²) in [4.78, 5) is 17.2. The van der Waals surface area contributed by atoms with Gasteiger partial charge in [-0.15, -0.1) is 11.3 Å². The van der Waals surface area contributed by atoms with E-state index in [1.807, 2.05) is 43.5 Å². The second-order valence-corrected chi connectivity index (χ2v) is 6.84. The second kappa shape index (κ2) is 6.80. The average Bonchev–Trinajstić information content (AvgIpc) is 3.28. The van der Waals surface area contributed by atoms with E-state index in [4.69, 9.17) is 13.6 Å². The molecule has 5 nitrogen and oxygen atoms in total. The molecule has 0 saturated heterocycles. The Hall–Kier alpha value is -2.86. The molecular formula is C20H17NO4S. The van der Waals surface area contributed by atoms with Crippen molar-refractivity contribution in [3.05, 3.63) is 69.2 Å². The average molecular weight is 367 g/mol.